The molecule has 0 saturated carbocycles. The predicted octanol–water partition coefficient (Wildman–Crippen LogP) is 4.63. The van der Waals surface area contributed by atoms with E-state index < -0.39 is 9.84 Å². The summed E-state index contributed by atoms with van der Waals surface area (Å²) in [4.78, 5) is 33.5. The van der Waals surface area contributed by atoms with Crippen LogP contribution in [0.4, 0.5) is 10.3 Å². The molecule has 33 heavy (non-hydrogen) atoms. The summed E-state index contributed by atoms with van der Waals surface area (Å²) in [5, 5.41) is 8.64. The summed E-state index contributed by atoms with van der Waals surface area (Å²) in [7, 11) is -3.32. The number of carbonyl (C=O) groups excluding carboxylic acids is 2. The predicted molar refractivity (Wildman–Crippen MR) is 131 cm³/mol. The molecule has 8 nitrogen and oxygen atoms in total. The molecule has 2 amide bonds. The zero-order valence-electron chi connectivity index (χ0n) is 17.2. The molecular weight excluding hydrogens is 504 g/mol. The average Bonchev–Trinajstić information content (AvgIpc) is 3.37. The van der Waals surface area contributed by atoms with Crippen molar-refractivity contribution in [3.05, 3.63) is 64.1 Å². The van der Waals surface area contributed by atoms with Crippen LogP contribution in [0.25, 0.3) is 10.2 Å². The lowest BCUT2D eigenvalue weighted by Gasteiger charge is -2.02. The normalized spacial score (nSPS) is 11.5. The number of hydrogen-bond donors (Lipinski definition) is 2. The molecule has 0 aliphatic heterocycles. The van der Waals surface area contributed by atoms with E-state index in [1.54, 1.807) is 41.8 Å². The van der Waals surface area contributed by atoms with E-state index >= 15 is 0 Å². The largest absolute Gasteiger partial charge is 0.302 e. The lowest BCUT2D eigenvalue weighted by molar-refractivity contribution is -0.116. The summed E-state index contributed by atoms with van der Waals surface area (Å²) in [5.74, 6) is -0.530. The number of nitrogens with one attached hydrogen (secondary N) is 2. The molecule has 170 valence electrons. The van der Waals surface area contributed by atoms with Gasteiger partial charge in [-0.1, -0.05) is 22.9 Å². The van der Waals surface area contributed by atoms with Gasteiger partial charge in [-0.05, 0) is 48.9 Å². The highest BCUT2D eigenvalue weighted by atomic mass is 35.5. The third-order valence-corrected chi connectivity index (χ3v) is 7.62. The minimum atomic E-state index is -3.32. The fraction of sp³-hybridized carbons (Fsp3) is 0.143. The van der Waals surface area contributed by atoms with Crippen molar-refractivity contribution >= 4 is 76.4 Å². The number of fused-ring (bicyclic) bond motifs is 1. The first-order valence-corrected chi connectivity index (χ1v) is 13.6. The van der Waals surface area contributed by atoms with E-state index in [9.17, 15) is 18.0 Å². The number of benzene rings is 2. The van der Waals surface area contributed by atoms with Crippen molar-refractivity contribution in [3.63, 3.8) is 0 Å². The van der Waals surface area contributed by atoms with Crippen LogP contribution in [0, 0.1) is 0 Å². The zero-order chi connectivity index (χ0) is 23.6. The summed E-state index contributed by atoms with van der Waals surface area (Å²) >= 11 is 8.32. The Morgan fingerprint density at radius 1 is 1.03 bits per heavy atom. The standard InChI is InChI=1S/C21H17ClN4O4S3/c1-33(29,30)15-7-8-16-17(10-15)32-21(24-16)25-18(27)9-6-14-11-31-20(23-14)26-19(28)12-2-4-13(22)5-3-12/h2-5,7-8,10-11H,6,9H2,1H3,(H,23,26,28)(H,24,25,27). The molecule has 0 fully saturated rings. The molecule has 0 spiro atoms. The summed E-state index contributed by atoms with van der Waals surface area (Å²) in [6, 6.07) is 11.2. The van der Waals surface area contributed by atoms with Crippen LogP contribution in [0.5, 0.6) is 0 Å². The lowest BCUT2D eigenvalue weighted by atomic mass is 10.2. The summed E-state index contributed by atoms with van der Waals surface area (Å²) in [6.45, 7) is 0. The number of aryl methyl sites for hydroxylation is 1. The molecule has 2 N–H and O–H groups in total. The van der Waals surface area contributed by atoms with Gasteiger partial charge in [0.2, 0.25) is 5.91 Å². The van der Waals surface area contributed by atoms with Crippen LogP contribution in [0.15, 0.2) is 52.7 Å². The monoisotopic (exact) mass is 520 g/mol. The summed E-state index contributed by atoms with van der Waals surface area (Å²) in [5.41, 5.74) is 1.77. The van der Waals surface area contributed by atoms with Crippen molar-refractivity contribution in [2.45, 2.75) is 17.7 Å². The molecule has 0 aliphatic carbocycles. The lowest BCUT2D eigenvalue weighted by Crippen LogP contribution is -2.13. The van der Waals surface area contributed by atoms with Gasteiger partial charge in [0.25, 0.3) is 5.91 Å². The Balaban J connectivity index is 1.32. The fourth-order valence-corrected chi connectivity index (χ4v) is 5.37. The maximum atomic E-state index is 12.3. The molecule has 0 radical (unpaired) electrons. The SMILES string of the molecule is CS(=O)(=O)c1ccc2nc(NC(=O)CCc3csc(NC(=O)c4ccc(Cl)cc4)n3)sc2c1. The first-order valence-electron chi connectivity index (χ1n) is 9.59. The van der Waals surface area contributed by atoms with Gasteiger partial charge in [-0.25, -0.2) is 18.4 Å². The molecule has 4 aromatic rings. The molecule has 4 rings (SSSR count). The van der Waals surface area contributed by atoms with Crippen molar-refractivity contribution in [1.29, 1.82) is 0 Å². The summed E-state index contributed by atoms with van der Waals surface area (Å²) in [6.07, 6.45) is 1.71. The number of halogens is 1. The Bertz CT molecular complexity index is 1450. The molecular formula is C21H17ClN4O4S3. The Labute approximate surface area is 202 Å². The average molecular weight is 521 g/mol. The maximum absolute atomic E-state index is 12.3. The highest BCUT2D eigenvalue weighted by molar-refractivity contribution is 7.90. The van der Waals surface area contributed by atoms with Crippen LogP contribution in [-0.4, -0.2) is 36.5 Å². The quantitative estimate of drug-likeness (QED) is 0.366. The number of amides is 2. The topological polar surface area (TPSA) is 118 Å². The number of carbonyl (C=O) groups is 2. The molecule has 2 aromatic carbocycles. The molecule has 2 aromatic heterocycles. The second kappa shape index (κ2) is 9.56. The molecule has 0 saturated heterocycles. The van der Waals surface area contributed by atoms with Gasteiger partial charge in [-0.3, -0.25) is 14.9 Å². The van der Waals surface area contributed by atoms with Gasteiger partial charge >= 0.3 is 0 Å². The van der Waals surface area contributed by atoms with Crippen LogP contribution in [0.3, 0.4) is 0 Å². The Morgan fingerprint density at radius 3 is 2.52 bits per heavy atom. The van der Waals surface area contributed by atoms with Gasteiger partial charge in [0, 0.05) is 28.6 Å². The van der Waals surface area contributed by atoms with E-state index in [1.807, 2.05) is 0 Å². The second-order valence-corrected chi connectivity index (χ2v) is 11.4. The van der Waals surface area contributed by atoms with Crippen molar-refractivity contribution in [1.82, 2.24) is 9.97 Å². The molecule has 0 bridgehead atoms. The third kappa shape index (κ3) is 5.93. The smallest absolute Gasteiger partial charge is 0.257 e. The van der Waals surface area contributed by atoms with Crippen molar-refractivity contribution in [3.8, 4) is 0 Å². The fourth-order valence-electron chi connectivity index (χ4n) is 2.86. The number of nitrogens with zero attached hydrogens (tertiary/aromatic N) is 2. The van der Waals surface area contributed by atoms with Gasteiger partial charge in [-0.2, -0.15) is 0 Å². The molecule has 0 unspecified atom stereocenters. The van der Waals surface area contributed by atoms with Crippen LogP contribution >= 0.6 is 34.3 Å². The van der Waals surface area contributed by atoms with E-state index in [2.05, 4.69) is 20.6 Å². The Kier molecular flexibility index (Phi) is 6.75. The Morgan fingerprint density at radius 2 is 1.79 bits per heavy atom. The first-order chi connectivity index (χ1) is 15.7. The van der Waals surface area contributed by atoms with Crippen LogP contribution in [0.2, 0.25) is 5.02 Å². The minimum Gasteiger partial charge on any atom is -0.302 e. The molecule has 0 atom stereocenters. The van der Waals surface area contributed by atoms with E-state index in [4.69, 9.17) is 11.6 Å². The van der Waals surface area contributed by atoms with Crippen molar-refractivity contribution < 1.29 is 18.0 Å². The zero-order valence-corrected chi connectivity index (χ0v) is 20.4. The third-order valence-electron chi connectivity index (χ3n) is 4.52. The number of aromatic nitrogens is 2. The van der Waals surface area contributed by atoms with Crippen LogP contribution in [0.1, 0.15) is 22.5 Å². The number of anilines is 2. The minimum absolute atomic E-state index is 0.179. The maximum Gasteiger partial charge on any atom is 0.257 e. The van der Waals surface area contributed by atoms with Crippen LogP contribution in [-0.2, 0) is 21.1 Å². The number of rotatable bonds is 7. The number of thiazole rings is 2. The number of sulfone groups is 1. The highest BCUT2D eigenvalue weighted by Gasteiger charge is 2.13. The van der Waals surface area contributed by atoms with E-state index in [-0.39, 0.29) is 23.1 Å². The van der Waals surface area contributed by atoms with E-state index in [0.717, 1.165) is 6.26 Å². The first kappa shape index (κ1) is 23.3. The van der Waals surface area contributed by atoms with Gasteiger partial charge in [-0.15, -0.1) is 11.3 Å². The summed E-state index contributed by atoms with van der Waals surface area (Å²) < 4.78 is 24.1. The van der Waals surface area contributed by atoms with E-state index in [0.29, 0.717) is 43.2 Å². The highest BCUT2D eigenvalue weighted by Crippen LogP contribution is 2.28. The second-order valence-electron chi connectivity index (χ2n) is 7.07. The van der Waals surface area contributed by atoms with Crippen molar-refractivity contribution in [2.24, 2.45) is 0 Å². The van der Waals surface area contributed by atoms with Crippen molar-refractivity contribution in [2.75, 3.05) is 16.9 Å². The Hall–Kier alpha value is -2.86. The molecule has 0 aliphatic rings. The number of hydrogen-bond acceptors (Lipinski definition) is 8. The van der Waals surface area contributed by atoms with Crippen LogP contribution < -0.4 is 10.6 Å². The molecule has 12 heteroatoms. The van der Waals surface area contributed by atoms with Gasteiger partial charge in [0.05, 0.1) is 20.8 Å². The van der Waals surface area contributed by atoms with Gasteiger partial charge < -0.3 is 5.32 Å². The molecule has 2 heterocycles. The van der Waals surface area contributed by atoms with E-state index in [1.165, 1.54) is 28.7 Å². The van der Waals surface area contributed by atoms with Gasteiger partial charge in [0.1, 0.15) is 0 Å². The van der Waals surface area contributed by atoms with Gasteiger partial charge in [0.15, 0.2) is 20.1 Å².